The highest BCUT2D eigenvalue weighted by molar-refractivity contribution is 7.89. The van der Waals surface area contributed by atoms with Crippen molar-refractivity contribution in [3.05, 3.63) is 59.4 Å². The number of rotatable bonds is 4. The second-order valence-electron chi connectivity index (χ2n) is 4.45. The Bertz CT molecular complexity index is 667. The molecule has 0 aliphatic rings. The highest BCUT2D eigenvalue weighted by atomic mass is 32.2. The van der Waals surface area contributed by atoms with Gasteiger partial charge in [-0.2, -0.15) is 0 Å². The molecule has 0 fully saturated rings. The number of aryl methyl sites for hydroxylation is 2. The van der Waals surface area contributed by atoms with E-state index >= 15 is 0 Å². The van der Waals surface area contributed by atoms with Crippen molar-refractivity contribution < 1.29 is 8.42 Å². The van der Waals surface area contributed by atoms with E-state index in [1.165, 1.54) is 0 Å². The lowest BCUT2D eigenvalue weighted by Gasteiger charge is -2.09. The van der Waals surface area contributed by atoms with Gasteiger partial charge in [-0.15, -0.1) is 0 Å². The van der Waals surface area contributed by atoms with Gasteiger partial charge >= 0.3 is 0 Å². The quantitative estimate of drug-likeness (QED) is 0.931. The minimum Gasteiger partial charge on any atom is -0.264 e. The Hall–Kier alpha value is -1.72. The van der Waals surface area contributed by atoms with Crippen LogP contribution >= 0.6 is 0 Å². The van der Waals surface area contributed by atoms with Crippen LogP contribution in [0, 0.1) is 13.8 Å². The Balaban J connectivity index is 2.19. The van der Waals surface area contributed by atoms with Gasteiger partial charge in [-0.05, 0) is 37.1 Å². The van der Waals surface area contributed by atoms with Gasteiger partial charge in [0, 0.05) is 18.9 Å². The molecule has 0 aliphatic carbocycles. The Morgan fingerprint density at radius 2 is 2.00 bits per heavy atom. The number of sulfonamides is 1. The van der Waals surface area contributed by atoms with E-state index in [2.05, 4.69) is 9.71 Å². The molecular weight excluding hydrogens is 260 g/mol. The van der Waals surface area contributed by atoms with Crippen molar-refractivity contribution in [2.45, 2.75) is 25.3 Å². The molecule has 0 aliphatic heterocycles. The van der Waals surface area contributed by atoms with Crippen molar-refractivity contribution in [1.82, 2.24) is 9.71 Å². The average molecular weight is 276 g/mol. The maximum atomic E-state index is 12.2. The van der Waals surface area contributed by atoms with Crippen LogP contribution in [-0.4, -0.2) is 13.4 Å². The van der Waals surface area contributed by atoms with E-state index < -0.39 is 10.0 Å². The molecule has 0 saturated heterocycles. The number of hydrogen-bond acceptors (Lipinski definition) is 3. The molecule has 0 bridgehead atoms. The van der Waals surface area contributed by atoms with E-state index in [1.807, 2.05) is 19.1 Å². The van der Waals surface area contributed by atoms with Crippen LogP contribution in [0.2, 0.25) is 0 Å². The number of aromatic nitrogens is 1. The number of benzene rings is 1. The van der Waals surface area contributed by atoms with Crippen LogP contribution in [0.1, 0.15) is 16.7 Å². The van der Waals surface area contributed by atoms with Crippen LogP contribution in [-0.2, 0) is 16.6 Å². The van der Waals surface area contributed by atoms with Crippen molar-refractivity contribution in [2.75, 3.05) is 0 Å². The average Bonchev–Trinajstić information content (AvgIpc) is 2.37. The van der Waals surface area contributed by atoms with Gasteiger partial charge in [-0.3, -0.25) is 4.98 Å². The number of hydrogen-bond donors (Lipinski definition) is 1. The van der Waals surface area contributed by atoms with Crippen LogP contribution in [0.15, 0.2) is 47.6 Å². The Labute approximate surface area is 113 Å². The molecule has 0 atom stereocenters. The molecule has 0 radical (unpaired) electrons. The van der Waals surface area contributed by atoms with Gasteiger partial charge in [-0.1, -0.05) is 23.8 Å². The van der Waals surface area contributed by atoms with Crippen LogP contribution in [0.5, 0.6) is 0 Å². The van der Waals surface area contributed by atoms with Crippen LogP contribution in [0.25, 0.3) is 0 Å². The zero-order valence-corrected chi connectivity index (χ0v) is 11.7. The summed E-state index contributed by atoms with van der Waals surface area (Å²) in [5.74, 6) is 0. The van der Waals surface area contributed by atoms with Gasteiger partial charge in [0.05, 0.1) is 4.90 Å². The lowest BCUT2D eigenvalue weighted by atomic mass is 10.2. The van der Waals surface area contributed by atoms with Crippen molar-refractivity contribution >= 4 is 10.0 Å². The zero-order valence-electron chi connectivity index (χ0n) is 10.9. The molecule has 1 heterocycles. The Morgan fingerprint density at radius 1 is 1.21 bits per heavy atom. The van der Waals surface area contributed by atoms with Gasteiger partial charge in [0.1, 0.15) is 0 Å². The molecule has 1 aromatic heterocycles. The molecule has 1 aromatic carbocycles. The zero-order chi connectivity index (χ0) is 13.9. The Morgan fingerprint density at radius 3 is 2.63 bits per heavy atom. The van der Waals surface area contributed by atoms with Gasteiger partial charge in [-0.25, -0.2) is 13.1 Å². The van der Waals surface area contributed by atoms with Crippen LogP contribution in [0.4, 0.5) is 0 Å². The van der Waals surface area contributed by atoms with Crippen molar-refractivity contribution in [2.24, 2.45) is 0 Å². The van der Waals surface area contributed by atoms with Crippen LogP contribution in [0.3, 0.4) is 0 Å². The summed E-state index contributed by atoms with van der Waals surface area (Å²) < 4.78 is 27.0. The molecular formula is C14H16N2O2S. The summed E-state index contributed by atoms with van der Waals surface area (Å²) in [6, 6.07) is 8.90. The monoisotopic (exact) mass is 276 g/mol. The van der Waals surface area contributed by atoms with Gasteiger partial charge in [0.25, 0.3) is 0 Å². The molecule has 19 heavy (non-hydrogen) atoms. The first kappa shape index (κ1) is 13.7. The summed E-state index contributed by atoms with van der Waals surface area (Å²) in [4.78, 5) is 4.27. The van der Waals surface area contributed by atoms with E-state index in [0.29, 0.717) is 4.90 Å². The molecule has 0 unspecified atom stereocenters. The summed E-state index contributed by atoms with van der Waals surface area (Å²) in [5.41, 5.74) is 2.62. The fourth-order valence-corrected chi connectivity index (χ4v) is 3.10. The summed E-state index contributed by atoms with van der Waals surface area (Å²) in [5, 5.41) is 0. The first-order chi connectivity index (χ1) is 8.99. The minimum atomic E-state index is -3.48. The second-order valence-corrected chi connectivity index (χ2v) is 6.19. The van der Waals surface area contributed by atoms with E-state index in [1.54, 1.807) is 37.5 Å². The van der Waals surface area contributed by atoms with Crippen molar-refractivity contribution in [3.8, 4) is 0 Å². The predicted molar refractivity (Wildman–Crippen MR) is 74.2 cm³/mol. The Kier molecular flexibility index (Phi) is 3.97. The van der Waals surface area contributed by atoms with Gasteiger partial charge < -0.3 is 0 Å². The first-order valence-corrected chi connectivity index (χ1v) is 7.43. The lowest BCUT2D eigenvalue weighted by Crippen LogP contribution is -2.24. The molecule has 0 amide bonds. The summed E-state index contributed by atoms with van der Waals surface area (Å²) >= 11 is 0. The lowest BCUT2D eigenvalue weighted by molar-refractivity contribution is 0.580. The maximum absolute atomic E-state index is 12.2. The number of nitrogens with one attached hydrogen (secondary N) is 1. The normalized spacial score (nSPS) is 11.5. The summed E-state index contributed by atoms with van der Waals surface area (Å²) in [7, 11) is -3.48. The molecule has 1 N–H and O–H groups in total. The van der Waals surface area contributed by atoms with Crippen LogP contribution < -0.4 is 4.72 Å². The molecule has 0 saturated carbocycles. The first-order valence-electron chi connectivity index (χ1n) is 5.95. The highest BCUT2D eigenvalue weighted by Crippen LogP contribution is 2.16. The molecule has 4 nitrogen and oxygen atoms in total. The maximum Gasteiger partial charge on any atom is 0.241 e. The van der Waals surface area contributed by atoms with Gasteiger partial charge in [0.15, 0.2) is 0 Å². The third-order valence-corrected chi connectivity index (χ3v) is 4.37. The van der Waals surface area contributed by atoms with Crippen molar-refractivity contribution in [1.29, 1.82) is 0 Å². The second kappa shape index (κ2) is 5.50. The van der Waals surface area contributed by atoms with Gasteiger partial charge in [0.2, 0.25) is 10.0 Å². The predicted octanol–water partition coefficient (Wildman–Crippen LogP) is 2.18. The van der Waals surface area contributed by atoms with E-state index in [9.17, 15) is 8.42 Å². The van der Waals surface area contributed by atoms with Crippen molar-refractivity contribution in [3.63, 3.8) is 0 Å². The third kappa shape index (κ3) is 3.39. The molecule has 5 heteroatoms. The largest absolute Gasteiger partial charge is 0.264 e. The number of nitrogens with zero attached hydrogens (tertiary/aromatic N) is 1. The van der Waals surface area contributed by atoms with E-state index in [0.717, 1.165) is 16.7 Å². The molecule has 100 valence electrons. The fourth-order valence-electron chi connectivity index (χ4n) is 1.86. The molecule has 2 aromatic rings. The topological polar surface area (TPSA) is 59.1 Å². The third-order valence-electron chi connectivity index (χ3n) is 2.81. The summed E-state index contributed by atoms with van der Waals surface area (Å²) in [6.45, 7) is 3.97. The number of pyridine rings is 1. The SMILES string of the molecule is Cc1ccc(S(=O)(=O)NCc2cccnc2)c(C)c1. The van der Waals surface area contributed by atoms with E-state index in [-0.39, 0.29) is 6.54 Å². The summed E-state index contributed by atoms with van der Waals surface area (Å²) in [6.07, 6.45) is 3.30. The minimum absolute atomic E-state index is 0.240. The molecule has 2 rings (SSSR count). The highest BCUT2D eigenvalue weighted by Gasteiger charge is 2.16. The fraction of sp³-hybridized carbons (Fsp3) is 0.214. The molecule has 0 spiro atoms. The smallest absolute Gasteiger partial charge is 0.241 e. The standard InChI is InChI=1S/C14H16N2O2S/c1-11-5-6-14(12(2)8-11)19(17,18)16-10-13-4-3-7-15-9-13/h3-9,16H,10H2,1-2H3. The van der Waals surface area contributed by atoms with E-state index in [4.69, 9.17) is 0 Å².